The van der Waals surface area contributed by atoms with E-state index < -0.39 is 18.1 Å². The summed E-state index contributed by atoms with van der Waals surface area (Å²) in [7, 11) is 0. The molecule has 0 bridgehead atoms. The quantitative estimate of drug-likeness (QED) is 0.747. The van der Waals surface area contributed by atoms with E-state index in [1.54, 1.807) is 0 Å². The number of nitrogens with zero attached hydrogens (tertiary/aromatic N) is 1. The van der Waals surface area contributed by atoms with Crippen molar-refractivity contribution in [2.24, 2.45) is 11.7 Å². The number of amides is 1. The average Bonchev–Trinajstić information content (AvgIpc) is 2.63. The summed E-state index contributed by atoms with van der Waals surface area (Å²) in [5.41, 5.74) is 5.77. The first kappa shape index (κ1) is 13.3. The highest BCUT2D eigenvalue weighted by atomic mass is 32.2. The maximum atomic E-state index is 11.9. The summed E-state index contributed by atoms with van der Waals surface area (Å²) in [6.07, 6.45) is 0.590. The van der Waals surface area contributed by atoms with Crippen LogP contribution in [-0.2, 0) is 9.59 Å². The normalized spacial score (nSPS) is 22.5. The van der Waals surface area contributed by atoms with Gasteiger partial charge < -0.3 is 15.7 Å². The molecule has 6 heteroatoms. The standard InChI is InChI=1S/C10H18N2O3S/c1-6(2)3-7(11)9(13)12-5-16-4-8(12)10(14)15/h6-8H,3-5,11H2,1-2H3,(H,14,15)/t7-,8?/m1/s1. The SMILES string of the molecule is CC(C)C[C@@H](N)C(=O)N1CSCC1C(=O)O. The summed E-state index contributed by atoms with van der Waals surface area (Å²) < 4.78 is 0. The van der Waals surface area contributed by atoms with E-state index in [1.165, 1.54) is 16.7 Å². The van der Waals surface area contributed by atoms with Crippen molar-refractivity contribution in [1.29, 1.82) is 0 Å². The Balaban J connectivity index is 2.62. The van der Waals surface area contributed by atoms with Gasteiger partial charge in [-0.05, 0) is 12.3 Å². The second-order valence-corrected chi connectivity index (χ2v) is 5.40. The van der Waals surface area contributed by atoms with Crippen molar-refractivity contribution < 1.29 is 14.7 Å². The summed E-state index contributed by atoms with van der Waals surface area (Å²) in [6.45, 7) is 3.97. The molecule has 16 heavy (non-hydrogen) atoms. The molecule has 2 atom stereocenters. The molecule has 1 aliphatic heterocycles. The third-order valence-electron chi connectivity index (χ3n) is 2.49. The van der Waals surface area contributed by atoms with Crippen LogP contribution in [0.3, 0.4) is 0 Å². The molecule has 0 aromatic carbocycles. The molecular formula is C10H18N2O3S. The first-order valence-electron chi connectivity index (χ1n) is 5.30. The van der Waals surface area contributed by atoms with Crippen molar-refractivity contribution >= 4 is 23.6 Å². The van der Waals surface area contributed by atoms with E-state index >= 15 is 0 Å². The Kier molecular flexibility index (Phi) is 4.61. The summed E-state index contributed by atoms with van der Waals surface area (Å²) in [5.74, 6) is 0.0236. The van der Waals surface area contributed by atoms with E-state index in [9.17, 15) is 9.59 Å². The van der Waals surface area contributed by atoms with Crippen molar-refractivity contribution in [2.45, 2.75) is 32.4 Å². The molecule has 0 radical (unpaired) electrons. The molecule has 0 aromatic rings. The van der Waals surface area contributed by atoms with Crippen molar-refractivity contribution in [1.82, 2.24) is 4.90 Å². The Morgan fingerprint density at radius 1 is 1.56 bits per heavy atom. The Bertz CT molecular complexity index is 283. The monoisotopic (exact) mass is 246 g/mol. The maximum absolute atomic E-state index is 11.9. The van der Waals surface area contributed by atoms with Gasteiger partial charge in [0.15, 0.2) is 0 Å². The molecule has 0 aliphatic carbocycles. The number of carboxylic acid groups (broad SMARTS) is 1. The smallest absolute Gasteiger partial charge is 0.327 e. The van der Waals surface area contributed by atoms with Gasteiger partial charge in [0.1, 0.15) is 6.04 Å². The molecule has 92 valence electrons. The van der Waals surface area contributed by atoms with Gasteiger partial charge in [-0.2, -0.15) is 0 Å². The van der Waals surface area contributed by atoms with Crippen LogP contribution in [0, 0.1) is 5.92 Å². The van der Waals surface area contributed by atoms with Crippen LogP contribution in [0.25, 0.3) is 0 Å². The molecule has 1 unspecified atom stereocenters. The summed E-state index contributed by atoms with van der Waals surface area (Å²) in [6, 6.07) is -1.30. The van der Waals surface area contributed by atoms with Crippen LogP contribution < -0.4 is 5.73 Å². The number of hydrogen-bond acceptors (Lipinski definition) is 4. The maximum Gasteiger partial charge on any atom is 0.327 e. The third-order valence-corrected chi connectivity index (χ3v) is 3.51. The predicted molar refractivity (Wildman–Crippen MR) is 63.0 cm³/mol. The van der Waals surface area contributed by atoms with E-state index in [4.69, 9.17) is 10.8 Å². The molecule has 1 fully saturated rings. The number of aliphatic carboxylic acids is 1. The lowest BCUT2D eigenvalue weighted by Gasteiger charge is -2.24. The highest BCUT2D eigenvalue weighted by Crippen LogP contribution is 2.22. The second kappa shape index (κ2) is 5.54. The molecule has 3 N–H and O–H groups in total. The van der Waals surface area contributed by atoms with Gasteiger partial charge in [0.25, 0.3) is 0 Å². The molecule has 1 saturated heterocycles. The summed E-state index contributed by atoms with van der Waals surface area (Å²) >= 11 is 1.45. The number of nitrogens with two attached hydrogens (primary N) is 1. The zero-order valence-corrected chi connectivity index (χ0v) is 10.4. The lowest BCUT2D eigenvalue weighted by Crippen LogP contribution is -2.49. The van der Waals surface area contributed by atoms with Crippen LogP contribution >= 0.6 is 11.8 Å². The molecular weight excluding hydrogens is 228 g/mol. The minimum atomic E-state index is -0.949. The van der Waals surface area contributed by atoms with Gasteiger partial charge in [0.05, 0.1) is 11.9 Å². The lowest BCUT2D eigenvalue weighted by atomic mass is 10.0. The predicted octanol–water partition coefficient (Wildman–Crippen LogP) is 0.346. The fourth-order valence-electron chi connectivity index (χ4n) is 1.69. The van der Waals surface area contributed by atoms with Crippen molar-refractivity contribution in [2.75, 3.05) is 11.6 Å². The van der Waals surface area contributed by atoms with E-state index in [0.717, 1.165) is 0 Å². The Hall–Kier alpha value is -0.750. The van der Waals surface area contributed by atoms with Crippen molar-refractivity contribution in [3.05, 3.63) is 0 Å². The van der Waals surface area contributed by atoms with Crippen LogP contribution in [0.1, 0.15) is 20.3 Å². The van der Waals surface area contributed by atoms with Crippen LogP contribution in [0.5, 0.6) is 0 Å². The summed E-state index contributed by atoms with van der Waals surface area (Å²) in [5, 5.41) is 8.95. The van der Waals surface area contributed by atoms with Crippen LogP contribution in [0.15, 0.2) is 0 Å². The van der Waals surface area contributed by atoms with Gasteiger partial charge in [-0.3, -0.25) is 4.79 Å². The largest absolute Gasteiger partial charge is 0.480 e. The van der Waals surface area contributed by atoms with E-state index in [-0.39, 0.29) is 5.91 Å². The number of carboxylic acids is 1. The van der Waals surface area contributed by atoms with Gasteiger partial charge in [0, 0.05) is 5.75 Å². The first-order valence-corrected chi connectivity index (χ1v) is 6.45. The van der Waals surface area contributed by atoms with Crippen molar-refractivity contribution in [3.63, 3.8) is 0 Å². The van der Waals surface area contributed by atoms with Crippen LogP contribution in [0.2, 0.25) is 0 Å². The van der Waals surface area contributed by atoms with Gasteiger partial charge in [-0.25, -0.2) is 4.79 Å². The van der Waals surface area contributed by atoms with Crippen molar-refractivity contribution in [3.8, 4) is 0 Å². The van der Waals surface area contributed by atoms with E-state index in [2.05, 4.69) is 0 Å². The Morgan fingerprint density at radius 3 is 2.69 bits per heavy atom. The molecule has 0 saturated carbocycles. The lowest BCUT2D eigenvalue weighted by molar-refractivity contribution is -0.148. The first-order chi connectivity index (χ1) is 7.43. The molecule has 5 nitrogen and oxygen atoms in total. The van der Waals surface area contributed by atoms with Crippen LogP contribution in [0.4, 0.5) is 0 Å². The fourth-order valence-corrected chi connectivity index (χ4v) is 2.84. The third kappa shape index (κ3) is 3.12. The van der Waals surface area contributed by atoms with E-state index in [1.807, 2.05) is 13.8 Å². The second-order valence-electron chi connectivity index (χ2n) is 4.40. The number of carbonyl (C=O) groups is 2. The van der Waals surface area contributed by atoms with Crippen LogP contribution in [-0.4, -0.2) is 45.6 Å². The van der Waals surface area contributed by atoms with Gasteiger partial charge in [-0.15, -0.1) is 11.8 Å². The minimum absolute atomic E-state index is 0.244. The van der Waals surface area contributed by atoms with Gasteiger partial charge >= 0.3 is 5.97 Å². The average molecular weight is 246 g/mol. The minimum Gasteiger partial charge on any atom is -0.480 e. The molecule has 1 heterocycles. The summed E-state index contributed by atoms with van der Waals surface area (Å²) in [4.78, 5) is 24.2. The molecule has 0 aromatic heterocycles. The number of carbonyl (C=O) groups excluding carboxylic acids is 1. The highest BCUT2D eigenvalue weighted by Gasteiger charge is 2.36. The zero-order chi connectivity index (χ0) is 12.3. The molecule has 1 amide bonds. The number of hydrogen-bond donors (Lipinski definition) is 2. The molecule has 1 rings (SSSR count). The van der Waals surface area contributed by atoms with E-state index in [0.29, 0.717) is 24.0 Å². The Morgan fingerprint density at radius 2 is 2.19 bits per heavy atom. The number of rotatable bonds is 4. The topological polar surface area (TPSA) is 83.6 Å². The van der Waals surface area contributed by atoms with Gasteiger partial charge in [0.2, 0.25) is 5.91 Å². The Labute approximate surface area is 99.4 Å². The zero-order valence-electron chi connectivity index (χ0n) is 9.55. The molecule has 1 aliphatic rings. The fraction of sp³-hybridized carbons (Fsp3) is 0.800. The van der Waals surface area contributed by atoms with Gasteiger partial charge in [-0.1, -0.05) is 13.8 Å². The molecule has 0 spiro atoms. The highest BCUT2D eigenvalue weighted by molar-refractivity contribution is 7.99. The number of thioether (sulfide) groups is 1.